The summed E-state index contributed by atoms with van der Waals surface area (Å²) in [5, 5.41) is 5.48. The van der Waals surface area contributed by atoms with Crippen LogP contribution < -0.4 is 10.6 Å². The molecule has 2 aromatic carbocycles. The van der Waals surface area contributed by atoms with Crippen molar-refractivity contribution in [2.45, 2.75) is 25.9 Å². The van der Waals surface area contributed by atoms with E-state index in [4.69, 9.17) is 4.74 Å². The Labute approximate surface area is 173 Å². The van der Waals surface area contributed by atoms with Crippen molar-refractivity contribution in [3.63, 3.8) is 0 Å². The molecule has 2 aromatic rings. The van der Waals surface area contributed by atoms with Crippen LogP contribution in [0.3, 0.4) is 0 Å². The molecule has 0 fully saturated rings. The van der Waals surface area contributed by atoms with E-state index < -0.39 is 10.8 Å². The van der Waals surface area contributed by atoms with Gasteiger partial charge in [0.2, 0.25) is 11.8 Å². The fraction of sp³-hybridized carbons (Fsp3) is 0.364. The number of ether oxygens (including phenoxy) is 1. The molecule has 0 unspecified atom stereocenters. The van der Waals surface area contributed by atoms with Crippen LogP contribution in [0.2, 0.25) is 0 Å². The molecule has 0 aromatic heterocycles. The summed E-state index contributed by atoms with van der Waals surface area (Å²) in [6, 6.07) is 15.5. The van der Waals surface area contributed by atoms with E-state index in [0.717, 1.165) is 18.4 Å². The molecule has 2 amide bonds. The normalized spacial score (nSPS) is 16.5. The number of benzene rings is 2. The average Bonchev–Trinajstić information content (AvgIpc) is 2.72. The van der Waals surface area contributed by atoms with E-state index >= 15 is 0 Å². The Balaban J connectivity index is 1.42. The van der Waals surface area contributed by atoms with Gasteiger partial charge in [0.1, 0.15) is 17.6 Å². The predicted molar refractivity (Wildman–Crippen MR) is 114 cm³/mol. The minimum absolute atomic E-state index is 0.202. The van der Waals surface area contributed by atoms with E-state index in [1.54, 1.807) is 0 Å². The van der Waals surface area contributed by atoms with Crippen molar-refractivity contribution in [1.29, 1.82) is 0 Å². The van der Waals surface area contributed by atoms with E-state index in [0.29, 0.717) is 18.8 Å². The molecule has 6 nitrogen and oxygen atoms in total. The zero-order valence-electron chi connectivity index (χ0n) is 16.5. The lowest BCUT2D eigenvalue weighted by Crippen LogP contribution is -2.35. The van der Waals surface area contributed by atoms with Gasteiger partial charge in [-0.05, 0) is 41.7 Å². The maximum atomic E-state index is 12.2. The van der Waals surface area contributed by atoms with E-state index in [1.165, 1.54) is 11.1 Å². The van der Waals surface area contributed by atoms with Gasteiger partial charge in [0.25, 0.3) is 0 Å². The molecule has 2 atom stereocenters. The van der Waals surface area contributed by atoms with Crippen LogP contribution in [0.5, 0.6) is 0 Å². The van der Waals surface area contributed by atoms with Crippen LogP contribution in [0.15, 0.2) is 48.5 Å². The Bertz CT molecular complexity index is 883. The molecular weight excluding hydrogens is 388 g/mol. The Hall–Kier alpha value is -2.51. The molecule has 3 rings (SSSR count). The molecule has 0 bridgehead atoms. The number of hydrogen-bond donors (Lipinski definition) is 2. The Morgan fingerprint density at radius 1 is 1.07 bits per heavy atom. The van der Waals surface area contributed by atoms with Crippen LogP contribution in [0.4, 0.5) is 5.69 Å². The fourth-order valence-electron chi connectivity index (χ4n) is 3.27. The SMILES string of the molecule is CCc1ccc(NC(=O)C[S@@](=O)CC(=O)NC[C@@H]2OCCc3ccccc32)cc1. The van der Waals surface area contributed by atoms with Crippen LogP contribution in [0.1, 0.15) is 29.7 Å². The number of fused-ring (bicyclic) bond motifs is 1. The molecule has 29 heavy (non-hydrogen) atoms. The first kappa shape index (κ1) is 21.2. The number of rotatable bonds is 8. The highest BCUT2D eigenvalue weighted by Crippen LogP contribution is 2.26. The number of carbonyl (C=O) groups is 2. The zero-order valence-corrected chi connectivity index (χ0v) is 17.3. The van der Waals surface area contributed by atoms with Gasteiger partial charge in [-0.2, -0.15) is 0 Å². The summed E-state index contributed by atoms with van der Waals surface area (Å²) >= 11 is 0. The third kappa shape index (κ3) is 6.24. The van der Waals surface area contributed by atoms with Gasteiger partial charge in [-0.1, -0.05) is 43.3 Å². The van der Waals surface area contributed by atoms with Gasteiger partial charge in [-0.3, -0.25) is 13.8 Å². The topological polar surface area (TPSA) is 84.5 Å². The van der Waals surface area contributed by atoms with Gasteiger partial charge in [0, 0.05) is 23.0 Å². The van der Waals surface area contributed by atoms with Crippen molar-refractivity contribution < 1.29 is 18.5 Å². The van der Waals surface area contributed by atoms with Crippen molar-refractivity contribution in [3.8, 4) is 0 Å². The van der Waals surface area contributed by atoms with Gasteiger partial charge in [-0.15, -0.1) is 0 Å². The zero-order chi connectivity index (χ0) is 20.6. The maximum Gasteiger partial charge on any atom is 0.237 e. The van der Waals surface area contributed by atoms with Crippen LogP contribution in [0, 0.1) is 0 Å². The van der Waals surface area contributed by atoms with E-state index in [9.17, 15) is 13.8 Å². The first-order valence-electron chi connectivity index (χ1n) is 9.75. The third-order valence-corrected chi connectivity index (χ3v) is 5.98. The van der Waals surface area contributed by atoms with Crippen LogP contribution in [0.25, 0.3) is 0 Å². The summed E-state index contributed by atoms with van der Waals surface area (Å²) in [6.07, 6.45) is 1.58. The van der Waals surface area contributed by atoms with Gasteiger partial charge in [-0.25, -0.2) is 0 Å². The Kier molecular flexibility index (Phi) is 7.55. The molecule has 7 heteroatoms. The highest BCUT2D eigenvalue weighted by atomic mass is 32.2. The second kappa shape index (κ2) is 10.3. The smallest absolute Gasteiger partial charge is 0.237 e. The quantitative estimate of drug-likeness (QED) is 0.695. The average molecular weight is 415 g/mol. The fourth-order valence-corrected chi connectivity index (χ4v) is 4.13. The van der Waals surface area contributed by atoms with Gasteiger partial charge in [0.15, 0.2) is 0 Å². The second-order valence-electron chi connectivity index (χ2n) is 6.94. The van der Waals surface area contributed by atoms with Crippen molar-refractivity contribution in [1.82, 2.24) is 5.32 Å². The molecule has 0 aliphatic carbocycles. The van der Waals surface area contributed by atoms with Gasteiger partial charge >= 0.3 is 0 Å². The first-order valence-corrected chi connectivity index (χ1v) is 11.2. The Morgan fingerprint density at radius 3 is 2.55 bits per heavy atom. The molecule has 1 aliphatic heterocycles. The molecular formula is C22H26N2O4S. The minimum Gasteiger partial charge on any atom is -0.371 e. The van der Waals surface area contributed by atoms with Crippen molar-refractivity contribution in [2.24, 2.45) is 0 Å². The number of aryl methyl sites for hydroxylation is 1. The van der Waals surface area contributed by atoms with Crippen molar-refractivity contribution in [2.75, 3.05) is 30.0 Å². The molecule has 0 radical (unpaired) electrons. The summed E-state index contributed by atoms with van der Waals surface area (Å²) < 4.78 is 17.9. The molecule has 1 aliphatic rings. The van der Waals surface area contributed by atoms with Crippen molar-refractivity contribution >= 4 is 28.3 Å². The first-order chi connectivity index (χ1) is 14.0. The molecule has 0 saturated carbocycles. The summed E-state index contributed by atoms with van der Waals surface area (Å²) in [5.41, 5.74) is 4.13. The van der Waals surface area contributed by atoms with Crippen molar-refractivity contribution in [3.05, 3.63) is 65.2 Å². The lowest BCUT2D eigenvalue weighted by molar-refractivity contribution is -0.119. The molecule has 154 valence electrons. The number of carbonyl (C=O) groups excluding carboxylic acids is 2. The standard InChI is InChI=1S/C22H26N2O4S/c1-2-16-7-9-18(10-8-16)24-22(26)15-29(27)14-21(25)23-13-20-19-6-4-3-5-17(19)11-12-28-20/h3-10,20H,2,11-15H2,1H3,(H,23,25)(H,24,26)/t20-,29-/m0/s1. The lowest BCUT2D eigenvalue weighted by atomic mass is 9.97. The summed E-state index contributed by atoms with van der Waals surface area (Å²) in [6.45, 7) is 2.99. The number of anilines is 1. The van der Waals surface area contributed by atoms with E-state index in [1.807, 2.05) is 42.5 Å². The predicted octanol–water partition coefficient (Wildman–Crippen LogP) is 2.37. The summed E-state index contributed by atoms with van der Waals surface area (Å²) in [5.74, 6) is -1.15. The van der Waals surface area contributed by atoms with Crippen LogP contribution in [-0.2, 0) is 38.0 Å². The largest absolute Gasteiger partial charge is 0.371 e. The highest BCUT2D eigenvalue weighted by molar-refractivity contribution is 7.86. The van der Waals surface area contributed by atoms with Crippen LogP contribution >= 0.6 is 0 Å². The van der Waals surface area contributed by atoms with Crippen LogP contribution in [-0.4, -0.2) is 40.7 Å². The molecule has 0 spiro atoms. The number of hydrogen-bond acceptors (Lipinski definition) is 4. The van der Waals surface area contributed by atoms with E-state index in [2.05, 4.69) is 23.6 Å². The third-order valence-electron chi connectivity index (χ3n) is 4.81. The van der Waals surface area contributed by atoms with Gasteiger partial charge < -0.3 is 15.4 Å². The summed E-state index contributed by atoms with van der Waals surface area (Å²) in [7, 11) is -1.58. The summed E-state index contributed by atoms with van der Waals surface area (Å²) in [4.78, 5) is 24.2. The number of amides is 2. The molecule has 0 saturated heterocycles. The molecule has 1 heterocycles. The highest BCUT2D eigenvalue weighted by Gasteiger charge is 2.21. The monoisotopic (exact) mass is 414 g/mol. The maximum absolute atomic E-state index is 12.2. The number of nitrogens with one attached hydrogen (secondary N) is 2. The lowest BCUT2D eigenvalue weighted by Gasteiger charge is -2.26. The Morgan fingerprint density at radius 2 is 1.79 bits per heavy atom. The minimum atomic E-state index is -1.58. The van der Waals surface area contributed by atoms with Gasteiger partial charge in [0.05, 0.1) is 6.61 Å². The second-order valence-corrected chi connectivity index (χ2v) is 8.40. The van der Waals surface area contributed by atoms with E-state index in [-0.39, 0.29) is 29.4 Å². The molecule has 2 N–H and O–H groups in total.